The Hall–Kier alpha value is -1.17. The number of carboxylic acid groups (broad SMARTS) is 1. The topological polar surface area (TPSA) is 66.3 Å². The smallest absolute Gasteiger partial charge is 0.305 e. The second kappa shape index (κ2) is 4.78. The van der Waals surface area contributed by atoms with E-state index in [0.29, 0.717) is 0 Å². The molecule has 1 unspecified atom stereocenters. The normalized spacial score (nSPS) is 20.3. The maximum atomic E-state index is 10.7. The largest absolute Gasteiger partial charge is 0.481 e. The molecule has 6 heteroatoms. The zero-order valence-electron chi connectivity index (χ0n) is 9.22. The Labute approximate surface area is 98.3 Å². The summed E-state index contributed by atoms with van der Waals surface area (Å²) in [6.45, 7) is 2.92. The number of rotatable bonds is 4. The Morgan fingerprint density at radius 1 is 1.69 bits per heavy atom. The summed E-state index contributed by atoms with van der Waals surface area (Å²) in [5.41, 5.74) is 0. The number of nitrogens with zero attached hydrogens (tertiary/aromatic N) is 3. The van der Waals surface area contributed by atoms with Crippen LogP contribution >= 0.6 is 11.5 Å². The molecule has 1 aliphatic rings. The van der Waals surface area contributed by atoms with Gasteiger partial charge in [0.25, 0.3) is 0 Å². The lowest BCUT2D eigenvalue weighted by molar-refractivity contribution is -0.137. The number of aromatic nitrogens is 2. The van der Waals surface area contributed by atoms with Crippen LogP contribution in [0.2, 0.25) is 0 Å². The van der Waals surface area contributed by atoms with Crippen molar-refractivity contribution < 1.29 is 9.90 Å². The van der Waals surface area contributed by atoms with Crippen LogP contribution in [-0.4, -0.2) is 33.0 Å². The number of hydrogen-bond acceptors (Lipinski definition) is 5. The van der Waals surface area contributed by atoms with Crippen molar-refractivity contribution in [3.8, 4) is 0 Å². The number of aryl methyl sites for hydroxylation is 1. The zero-order valence-corrected chi connectivity index (χ0v) is 10.0. The van der Waals surface area contributed by atoms with Crippen LogP contribution in [0.15, 0.2) is 0 Å². The summed E-state index contributed by atoms with van der Waals surface area (Å²) in [6.07, 6.45) is 3.00. The van der Waals surface area contributed by atoms with Crippen LogP contribution in [0.25, 0.3) is 0 Å². The third kappa shape index (κ3) is 2.32. The van der Waals surface area contributed by atoms with Crippen LogP contribution in [0.4, 0.5) is 5.13 Å². The molecule has 0 amide bonds. The number of anilines is 1. The molecule has 0 saturated carbocycles. The molecule has 1 aromatic rings. The van der Waals surface area contributed by atoms with Crippen molar-refractivity contribution in [2.45, 2.75) is 38.6 Å². The highest BCUT2D eigenvalue weighted by atomic mass is 32.1. The van der Waals surface area contributed by atoms with E-state index in [0.717, 1.165) is 36.8 Å². The van der Waals surface area contributed by atoms with Gasteiger partial charge in [0.2, 0.25) is 5.13 Å². The Kier molecular flexibility index (Phi) is 3.38. The van der Waals surface area contributed by atoms with Gasteiger partial charge in [-0.25, -0.2) is 4.98 Å². The van der Waals surface area contributed by atoms with Crippen LogP contribution in [0.1, 0.15) is 32.0 Å². The van der Waals surface area contributed by atoms with Gasteiger partial charge in [0.05, 0.1) is 6.42 Å². The van der Waals surface area contributed by atoms with Gasteiger partial charge in [-0.15, -0.1) is 0 Å². The first kappa shape index (κ1) is 11.3. The Morgan fingerprint density at radius 2 is 2.50 bits per heavy atom. The minimum absolute atomic E-state index is 0.0927. The van der Waals surface area contributed by atoms with Gasteiger partial charge in [-0.05, 0) is 12.8 Å². The first-order valence-electron chi connectivity index (χ1n) is 5.51. The molecule has 0 radical (unpaired) electrons. The third-order valence-electron chi connectivity index (χ3n) is 2.81. The lowest BCUT2D eigenvalue weighted by Gasteiger charge is -2.21. The highest BCUT2D eigenvalue weighted by Gasteiger charge is 2.28. The molecule has 1 atom stereocenters. The van der Waals surface area contributed by atoms with E-state index in [9.17, 15) is 4.79 Å². The van der Waals surface area contributed by atoms with Gasteiger partial charge in [-0.1, -0.05) is 6.92 Å². The van der Waals surface area contributed by atoms with E-state index in [1.165, 1.54) is 11.5 Å². The molecule has 0 aromatic carbocycles. The average molecular weight is 241 g/mol. The van der Waals surface area contributed by atoms with Crippen LogP contribution in [0.3, 0.4) is 0 Å². The molecule has 2 heterocycles. The molecule has 0 aliphatic carbocycles. The zero-order chi connectivity index (χ0) is 11.5. The summed E-state index contributed by atoms with van der Waals surface area (Å²) in [5, 5.41) is 9.71. The summed E-state index contributed by atoms with van der Waals surface area (Å²) >= 11 is 1.37. The van der Waals surface area contributed by atoms with Gasteiger partial charge in [0.1, 0.15) is 5.82 Å². The molecule has 1 N–H and O–H groups in total. The van der Waals surface area contributed by atoms with E-state index in [-0.39, 0.29) is 12.5 Å². The Bertz CT molecular complexity index is 380. The summed E-state index contributed by atoms with van der Waals surface area (Å²) < 4.78 is 4.23. The quantitative estimate of drug-likeness (QED) is 0.866. The molecule has 88 valence electrons. The standard InChI is InChI=1S/C10H15N3O2S/c1-2-8-11-10(16-12-8)13-5-3-4-7(13)6-9(14)15/h7H,2-6H2,1H3,(H,14,15). The van der Waals surface area contributed by atoms with Gasteiger partial charge in [0, 0.05) is 30.5 Å². The Balaban J connectivity index is 2.09. The Morgan fingerprint density at radius 3 is 3.12 bits per heavy atom. The van der Waals surface area contributed by atoms with Gasteiger partial charge < -0.3 is 10.0 Å². The molecular formula is C10H15N3O2S. The summed E-state index contributed by atoms with van der Waals surface area (Å²) in [4.78, 5) is 17.2. The highest BCUT2D eigenvalue weighted by Crippen LogP contribution is 2.28. The lowest BCUT2D eigenvalue weighted by Crippen LogP contribution is -2.31. The number of carbonyl (C=O) groups is 1. The van der Waals surface area contributed by atoms with E-state index in [1.807, 2.05) is 6.92 Å². The fourth-order valence-electron chi connectivity index (χ4n) is 2.01. The van der Waals surface area contributed by atoms with Crippen LogP contribution in [0, 0.1) is 0 Å². The van der Waals surface area contributed by atoms with E-state index in [4.69, 9.17) is 5.11 Å². The molecule has 1 aromatic heterocycles. The molecule has 2 rings (SSSR count). The van der Waals surface area contributed by atoms with E-state index < -0.39 is 5.97 Å². The van der Waals surface area contributed by atoms with Crippen LogP contribution in [0.5, 0.6) is 0 Å². The molecule has 5 nitrogen and oxygen atoms in total. The maximum absolute atomic E-state index is 10.7. The van der Waals surface area contributed by atoms with Gasteiger partial charge >= 0.3 is 5.97 Å². The fraction of sp³-hybridized carbons (Fsp3) is 0.700. The first-order chi connectivity index (χ1) is 7.70. The predicted molar refractivity (Wildman–Crippen MR) is 61.9 cm³/mol. The lowest BCUT2D eigenvalue weighted by atomic mass is 10.1. The van der Waals surface area contributed by atoms with Gasteiger partial charge in [-0.3, -0.25) is 4.79 Å². The summed E-state index contributed by atoms with van der Waals surface area (Å²) in [7, 11) is 0. The second-order valence-electron chi connectivity index (χ2n) is 3.93. The van der Waals surface area contributed by atoms with E-state index in [2.05, 4.69) is 14.3 Å². The monoisotopic (exact) mass is 241 g/mol. The number of aliphatic carboxylic acids is 1. The van der Waals surface area contributed by atoms with Crippen molar-refractivity contribution in [3.63, 3.8) is 0 Å². The maximum Gasteiger partial charge on any atom is 0.305 e. The summed E-state index contributed by atoms with van der Waals surface area (Å²) in [5.74, 6) is 0.109. The van der Waals surface area contributed by atoms with Crippen molar-refractivity contribution in [2.24, 2.45) is 0 Å². The molecule has 0 bridgehead atoms. The molecular weight excluding hydrogens is 226 g/mol. The van der Waals surface area contributed by atoms with Crippen LogP contribution in [-0.2, 0) is 11.2 Å². The van der Waals surface area contributed by atoms with E-state index >= 15 is 0 Å². The highest BCUT2D eigenvalue weighted by molar-refractivity contribution is 7.09. The number of hydrogen-bond donors (Lipinski definition) is 1. The molecule has 0 spiro atoms. The third-order valence-corrected chi connectivity index (χ3v) is 3.60. The minimum Gasteiger partial charge on any atom is -0.481 e. The minimum atomic E-state index is -0.739. The van der Waals surface area contributed by atoms with Crippen molar-refractivity contribution in [3.05, 3.63) is 5.82 Å². The van der Waals surface area contributed by atoms with Gasteiger partial charge in [-0.2, -0.15) is 4.37 Å². The average Bonchev–Trinajstić information content (AvgIpc) is 2.84. The number of carboxylic acids is 1. The van der Waals surface area contributed by atoms with Crippen molar-refractivity contribution in [2.75, 3.05) is 11.4 Å². The molecule has 1 aliphatic heterocycles. The summed E-state index contributed by atoms with van der Waals surface area (Å²) in [6, 6.07) is 0.0927. The van der Waals surface area contributed by atoms with E-state index in [1.54, 1.807) is 0 Å². The second-order valence-corrected chi connectivity index (χ2v) is 4.66. The first-order valence-corrected chi connectivity index (χ1v) is 6.29. The van der Waals surface area contributed by atoms with Crippen molar-refractivity contribution in [1.82, 2.24) is 9.36 Å². The van der Waals surface area contributed by atoms with Crippen molar-refractivity contribution in [1.29, 1.82) is 0 Å². The molecule has 16 heavy (non-hydrogen) atoms. The molecule has 1 fully saturated rings. The van der Waals surface area contributed by atoms with Gasteiger partial charge in [0.15, 0.2) is 0 Å². The van der Waals surface area contributed by atoms with Crippen molar-refractivity contribution >= 4 is 22.6 Å². The SMILES string of the molecule is CCc1nsc(N2CCCC2CC(=O)O)n1. The fourth-order valence-corrected chi connectivity index (χ4v) is 2.85. The molecule has 1 saturated heterocycles. The van der Waals surface area contributed by atoms with Crippen LogP contribution < -0.4 is 4.90 Å². The predicted octanol–water partition coefficient (Wildman–Crippen LogP) is 1.54.